The Labute approximate surface area is 114 Å². The molecular weight excluding hydrogens is 268 g/mol. The number of unbranched alkanes of at least 4 members (excludes halogenated alkanes) is 2. The molecule has 110 valence electrons. The number of carbonyl (C=O) groups excluding carboxylic acids is 2. The van der Waals surface area contributed by atoms with Gasteiger partial charge in [-0.15, -0.1) is 0 Å². The van der Waals surface area contributed by atoms with E-state index in [2.05, 4.69) is 12.2 Å². The molecule has 0 aromatic carbocycles. The number of nitrogens with zero attached hydrogens (tertiary/aromatic N) is 1. The van der Waals surface area contributed by atoms with Gasteiger partial charge >= 0.3 is 11.8 Å². The lowest BCUT2D eigenvalue weighted by Gasteiger charge is -2.22. The first-order valence-electron chi connectivity index (χ1n) is 6.63. The molecule has 1 saturated heterocycles. The molecule has 6 nitrogen and oxygen atoms in total. The second-order valence-corrected chi connectivity index (χ2v) is 7.16. The van der Waals surface area contributed by atoms with Gasteiger partial charge in [-0.1, -0.05) is 19.8 Å². The topological polar surface area (TPSA) is 83.6 Å². The highest BCUT2D eigenvalue weighted by Gasteiger charge is 2.34. The average molecular weight is 290 g/mol. The van der Waals surface area contributed by atoms with Crippen molar-refractivity contribution in [3.63, 3.8) is 0 Å². The number of nitrogens with one attached hydrogen (secondary N) is 1. The summed E-state index contributed by atoms with van der Waals surface area (Å²) >= 11 is 0. The first-order chi connectivity index (χ1) is 8.87. The largest absolute Gasteiger partial charge is 0.348 e. The number of likely N-dealkylation sites (N-methyl/N-ethyl adjacent to an activating group) is 1. The highest BCUT2D eigenvalue weighted by Crippen LogP contribution is 2.16. The first-order valence-corrected chi connectivity index (χ1v) is 8.45. The summed E-state index contributed by atoms with van der Waals surface area (Å²) < 4.78 is 22.7. The summed E-state index contributed by atoms with van der Waals surface area (Å²) in [5, 5.41) is 2.56. The molecule has 1 unspecified atom stereocenters. The van der Waals surface area contributed by atoms with E-state index in [1.165, 1.54) is 11.9 Å². The van der Waals surface area contributed by atoms with E-state index in [0.717, 1.165) is 19.3 Å². The smallest absolute Gasteiger partial charge is 0.311 e. The average Bonchev–Trinajstić information content (AvgIpc) is 2.73. The minimum Gasteiger partial charge on any atom is -0.348 e. The van der Waals surface area contributed by atoms with Gasteiger partial charge < -0.3 is 10.2 Å². The molecular formula is C12H22N2O4S. The van der Waals surface area contributed by atoms with E-state index >= 15 is 0 Å². The zero-order valence-electron chi connectivity index (χ0n) is 11.5. The number of rotatable bonds is 5. The van der Waals surface area contributed by atoms with Gasteiger partial charge in [-0.05, 0) is 12.8 Å². The van der Waals surface area contributed by atoms with Gasteiger partial charge in [0.1, 0.15) is 0 Å². The van der Waals surface area contributed by atoms with Gasteiger partial charge in [0.15, 0.2) is 9.84 Å². The third kappa shape index (κ3) is 4.81. The number of sulfone groups is 1. The number of amides is 2. The lowest BCUT2D eigenvalue weighted by Crippen LogP contribution is -2.46. The summed E-state index contributed by atoms with van der Waals surface area (Å²) in [7, 11) is -1.56. The molecule has 1 fully saturated rings. The highest BCUT2D eigenvalue weighted by atomic mass is 32.2. The number of hydrogen-bond acceptors (Lipinski definition) is 4. The van der Waals surface area contributed by atoms with Gasteiger partial charge in [0.25, 0.3) is 0 Å². The summed E-state index contributed by atoms with van der Waals surface area (Å²) in [6, 6.07) is -0.376. The van der Waals surface area contributed by atoms with Crippen molar-refractivity contribution in [3.8, 4) is 0 Å². The SMILES string of the molecule is CCCCCNC(=O)C(=O)N(C)C1CCS(=O)(=O)C1. The third-order valence-electron chi connectivity index (χ3n) is 3.34. The molecule has 0 bridgehead atoms. The first kappa shape index (κ1) is 15.9. The standard InChI is InChI=1S/C12H22N2O4S/c1-3-4-5-7-13-11(15)12(16)14(2)10-6-8-19(17,18)9-10/h10H,3-9H2,1-2H3,(H,13,15). The Morgan fingerprint density at radius 3 is 2.53 bits per heavy atom. The van der Waals surface area contributed by atoms with Crippen LogP contribution in [0, 0.1) is 0 Å². The second kappa shape index (κ2) is 6.88. The van der Waals surface area contributed by atoms with Crippen LogP contribution in [0.2, 0.25) is 0 Å². The zero-order valence-corrected chi connectivity index (χ0v) is 12.3. The molecule has 0 aliphatic carbocycles. The van der Waals surface area contributed by atoms with Crippen molar-refractivity contribution in [1.29, 1.82) is 0 Å². The van der Waals surface area contributed by atoms with Gasteiger partial charge in [0, 0.05) is 19.6 Å². The van der Waals surface area contributed by atoms with E-state index in [-0.39, 0.29) is 17.5 Å². The van der Waals surface area contributed by atoms with Crippen LogP contribution in [0.4, 0.5) is 0 Å². The van der Waals surface area contributed by atoms with Crippen molar-refractivity contribution in [2.24, 2.45) is 0 Å². The van der Waals surface area contributed by atoms with E-state index in [9.17, 15) is 18.0 Å². The monoisotopic (exact) mass is 290 g/mol. The molecule has 1 atom stereocenters. The fourth-order valence-electron chi connectivity index (χ4n) is 2.06. The van der Waals surface area contributed by atoms with Crippen molar-refractivity contribution in [2.45, 2.75) is 38.6 Å². The molecule has 0 aromatic rings. The maximum atomic E-state index is 11.8. The Kier molecular flexibility index (Phi) is 5.78. The van der Waals surface area contributed by atoms with E-state index < -0.39 is 21.7 Å². The van der Waals surface area contributed by atoms with Crippen molar-refractivity contribution < 1.29 is 18.0 Å². The Bertz CT molecular complexity index is 433. The molecule has 0 radical (unpaired) electrons. The van der Waals surface area contributed by atoms with Gasteiger partial charge in [-0.25, -0.2) is 8.42 Å². The molecule has 1 rings (SSSR count). The molecule has 2 amide bonds. The molecule has 0 saturated carbocycles. The van der Waals surface area contributed by atoms with E-state index in [1.807, 2.05) is 0 Å². The van der Waals surface area contributed by atoms with Crippen LogP contribution in [0.5, 0.6) is 0 Å². The van der Waals surface area contributed by atoms with Gasteiger partial charge in [0.05, 0.1) is 11.5 Å². The van der Waals surface area contributed by atoms with Crippen LogP contribution < -0.4 is 5.32 Å². The lowest BCUT2D eigenvalue weighted by molar-refractivity contribution is -0.146. The molecule has 0 spiro atoms. The number of hydrogen-bond donors (Lipinski definition) is 1. The fraction of sp³-hybridized carbons (Fsp3) is 0.833. The van der Waals surface area contributed by atoms with Crippen LogP contribution in [0.15, 0.2) is 0 Å². The number of carbonyl (C=O) groups is 2. The highest BCUT2D eigenvalue weighted by molar-refractivity contribution is 7.91. The van der Waals surface area contributed by atoms with Crippen molar-refractivity contribution in [3.05, 3.63) is 0 Å². The summed E-state index contributed by atoms with van der Waals surface area (Å²) in [4.78, 5) is 24.7. The van der Waals surface area contributed by atoms with Crippen LogP contribution in [0.3, 0.4) is 0 Å². The van der Waals surface area contributed by atoms with Gasteiger partial charge in [0.2, 0.25) is 0 Å². The maximum Gasteiger partial charge on any atom is 0.311 e. The van der Waals surface area contributed by atoms with Crippen LogP contribution in [0.1, 0.15) is 32.6 Å². The predicted molar refractivity (Wildman–Crippen MR) is 72.4 cm³/mol. The Morgan fingerprint density at radius 2 is 2.00 bits per heavy atom. The Balaban J connectivity index is 2.42. The van der Waals surface area contributed by atoms with E-state index in [1.54, 1.807) is 0 Å². The second-order valence-electron chi connectivity index (χ2n) is 4.94. The van der Waals surface area contributed by atoms with Gasteiger partial charge in [-0.2, -0.15) is 0 Å². The van der Waals surface area contributed by atoms with Crippen LogP contribution in [-0.2, 0) is 19.4 Å². The normalized spacial score (nSPS) is 21.1. The minimum absolute atomic E-state index is 0.0433. The Hall–Kier alpha value is -1.11. The molecule has 0 aromatic heterocycles. The van der Waals surface area contributed by atoms with Crippen molar-refractivity contribution in [2.75, 3.05) is 25.1 Å². The predicted octanol–water partition coefficient (Wildman–Crippen LogP) is -0.0617. The third-order valence-corrected chi connectivity index (χ3v) is 5.09. The molecule has 7 heteroatoms. The van der Waals surface area contributed by atoms with Crippen molar-refractivity contribution >= 4 is 21.7 Å². The quantitative estimate of drug-likeness (QED) is 0.568. The molecule has 1 N–H and O–H groups in total. The molecule has 1 aliphatic heterocycles. The van der Waals surface area contributed by atoms with E-state index in [4.69, 9.17) is 0 Å². The summed E-state index contributed by atoms with van der Waals surface area (Å²) in [5.74, 6) is -1.26. The van der Waals surface area contributed by atoms with Crippen LogP contribution in [-0.4, -0.2) is 56.3 Å². The minimum atomic E-state index is -3.05. The van der Waals surface area contributed by atoms with Gasteiger partial charge in [-0.3, -0.25) is 9.59 Å². The lowest BCUT2D eigenvalue weighted by atomic mass is 10.2. The summed E-state index contributed by atoms with van der Waals surface area (Å²) in [5.41, 5.74) is 0. The zero-order chi connectivity index (χ0) is 14.5. The summed E-state index contributed by atoms with van der Waals surface area (Å²) in [6.45, 7) is 2.54. The molecule has 1 aliphatic rings. The molecule has 19 heavy (non-hydrogen) atoms. The van der Waals surface area contributed by atoms with Crippen LogP contribution >= 0.6 is 0 Å². The Morgan fingerprint density at radius 1 is 1.32 bits per heavy atom. The van der Waals surface area contributed by atoms with Crippen molar-refractivity contribution in [1.82, 2.24) is 10.2 Å². The van der Waals surface area contributed by atoms with Crippen LogP contribution in [0.25, 0.3) is 0 Å². The van der Waals surface area contributed by atoms with E-state index in [0.29, 0.717) is 13.0 Å². The summed E-state index contributed by atoms with van der Waals surface area (Å²) in [6.07, 6.45) is 3.31. The maximum absolute atomic E-state index is 11.8. The molecule has 1 heterocycles. The fourth-order valence-corrected chi connectivity index (χ4v) is 3.83.